The summed E-state index contributed by atoms with van der Waals surface area (Å²) in [5, 5.41) is 0. The Labute approximate surface area is 124 Å². The van der Waals surface area contributed by atoms with E-state index in [2.05, 4.69) is 5.48 Å². The topological polar surface area (TPSA) is 55.4 Å². The average molecular weight is 303 g/mol. The summed E-state index contributed by atoms with van der Waals surface area (Å²) >= 11 is 0. The molecule has 0 amide bonds. The van der Waals surface area contributed by atoms with Gasteiger partial charge in [-0.2, -0.15) is 5.48 Å². The normalized spacial score (nSPS) is 19.9. The lowest BCUT2D eigenvalue weighted by molar-refractivity contribution is 0.00113. The third-order valence-corrected chi connectivity index (χ3v) is 5.43. The lowest BCUT2D eigenvalue weighted by atomic mass is 10.1. The predicted octanol–water partition coefficient (Wildman–Crippen LogP) is 2.63. The number of rotatable bonds is 4. The van der Waals surface area contributed by atoms with Crippen LogP contribution in [0, 0.1) is 0 Å². The van der Waals surface area contributed by atoms with Crippen LogP contribution in [-0.2, 0) is 21.3 Å². The standard InChI is InChI=1S/C16H17NO3S/c18-21(19)11-10-15(14-8-4-5-9-16(14)21)17-20-12-13-6-2-1-3-7-13/h1-9,15,17H,10-12H2. The van der Waals surface area contributed by atoms with Crippen LogP contribution in [0.1, 0.15) is 23.6 Å². The van der Waals surface area contributed by atoms with E-state index in [0.717, 1.165) is 11.1 Å². The fourth-order valence-electron chi connectivity index (χ4n) is 2.51. The molecular formula is C16H17NO3S. The van der Waals surface area contributed by atoms with Gasteiger partial charge >= 0.3 is 0 Å². The number of sulfone groups is 1. The zero-order valence-corrected chi connectivity index (χ0v) is 12.3. The van der Waals surface area contributed by atoms with E-state index in [1.165, 1.54) is 0 Å². The average Bonchev–Trinajstić information content (AvgIpc) is 2.51. The lowest BCUT2D eigenvalue weighted by Gasteiger charge is -2.25. The molecule has 2 aromatic rings. The van der Waals surface area contributed by atoms with Crippen molar-refractivity contribution in [1.29, 1.82) is 0 Å². The van der Waals surface area contributed by atoms with Crippen molar-refractivity contribution in [1.82, 2.24) is 5.48 Å². The van der Waals surface area contributed by atoms with Crippen LogP contribution in [0.25, 0.3) is 0 Å². The van der Waals surface area contributed by atoms with Gasteiger partial charge in [0.25, 0.3) is 0 Å². The van der Waals surface area contributed by atoms with Crippen LogP contribution in [-0.4, -0.2) is 14.2 Å². The van der Waals surface area contributed by atoms with Crippen LogP contribution in [0.4, 0.5) is 0 Å². The van der Waals surface area contributed by atoms with Crippen LogP contribution in [0.2, 0.25) is 0 Å². The molecule has 1 aliphatic rings. The van der Waals surface area contributed by atoms with Crippen molar-refractivity contribution < 1.29 is 13.3 Å². The van der Waals surface area contributed by atoms with Gasteiger partial charge in [-0.1, -0.05) is 48.5 Å². The van der Waals surface area contributed by atoms with Crippen molar-refractivity contribution in [2.75, 3.05) is 5.75 Å². The Morgan fingerprint density at radius 1 is 1.05 bits per heavy atom. The summed E-state index contributed by atoms with van der Waals surface area (Å²) < 4.78 is 24.1. The quantitative estimate of drug-likeness (QED) is 0.882. The molecule has 0 fully saturated rings. The molecule has 3 rings (SSSR count). The van der Waals surface area contributed by atoms with Gasteiger partial charge in [0.05, 0.1) is 23.3 Å². The smallest absolute Gasteiger partial charge is 0.178 e. The van der Waals surface area contributed by atoms with E-state index >= 15 is 0 Å². The molecule has 0 aliphatic carbocycles. The minimum atomic E-state index is -3.15. The maximum atomic E-state index is 12.0. The molecule has 1 unspecified atom stereocenters. The maximum Gasteiger partial charge on any atom is 0.178 e. The molecule has 4 nitrogen and oxygen atoms in total. The van der Waals surface area contributed by atoms with Gasteiger partial charge in [0, 0.05) is 0 Å². The number of hydrogen-bond donors (Lipinski definition) is 1. The first-order valence-electron chi connectivity index (χ1n) is 6.90. The van der Waals surface area contributed by atoms with E-state index in [9.17, 15) is 8.42 Å². The fourth-order valence-corrected chi connectivity index (χ4v) is 4.13. The van der Waals surface area contributed by atoms with Crippen molar-refractivity contribution in [3.05, 3.63) is 65.7 Å². The molecule has 5 heteroatoms. The first-order valence-corrected chi connectivity index (χ1v) is 8.55. The molecule has 1 heterocycles. The molecule has 0 saturated heterocycles. The second-order valence-electron chi connectivity index (χ2n) is 5.09. The predicted molar refractivity (Wildman–Crippen MR) is 80.2 cm³/mol. The van der Waals surface area contributed by atoms with Crippen molar-refractivity contribution in [3.8, 4) is 0 Å². The third kappa shape index (κ3) is 3.15. The van der Waals surface area contributed by atoms with Gasteiger partial charge in [0.15, 0.2) is 9.84 Å². The highest BCUT2D eigenvalue weighted by molar-refractivity contribution is 7.91. The summed E-state index contributed by atoms with van der Waals surface area (Å²) in [7, 11) is -3.15. The van der Waals surface area contributed by atoms with E-state index in [1.807, 2.05) is 42.5 Å². The Kier molecular flexibility index (Phi) is 4.05. The van der Waals surface area contributed by atoms with E-state index in [4.69, 9.17) is 4.84 Å². The monoisotopic (exact) mass is 303 g/mol. The van der Waals surface area contributed by atoms with E-state index in [-0.39, 0.29) is 11.8 Å². The summed E-state index contributed by atoms with van der Waals surface area (Å²) in [6.45, 7) is 0.451. The molecule has 1 atom stereocenters. The zero-order valence-electron chi connectivity index (χ0n) is 11.5. The number of benzene rings is 2. The summed E-state index contributed by atoms with van der Waals surface area (Å²) in [6.07, 6.45) is 0.522. The Morgan fingerprint density at radius 3 is 2.57 bits per heavy atom. The molecule has 0 radical (unpaired) electrons. The van der Waals surface area contributed by atoms with Gasteiger partial charge in [-0.25, -0.2) is 8.42 Å². The number of hydrogen-bond acceptors (Lipinski definition) is 4. The Hall–Kier alpha value is -1.69. The van der Waals surface area contributed by atoms with Crippen LogP contribution < -0.4 is 5.48 Å². The van der Waals surface area contributed by atoms with Crippen molar-refractivity contribution in [2.24, 2.45) is 0 Å². The highest BCUT2D eigenvalue weighted by Crippen LogP contribution is 2.31. The van der Waals surface area contributed by atoms with Gasteiger partial charge in [-0.3, -0.25) is 4.84 Å². The van der Waals surface area contributed by atoms with Gasteiger partial charge < -0.3 is 0 Å². The van der Waals surface area contributed by atoms with Crippen LogP contribution in [0.5, 0.6) is 0 Å². The largest absolute Gasteiger partial charge is 0.296 e. The molecule has 0 spiro atoms. The Morgan fingerprint density at radius 2 is 1.76 bits per heavy atom. The number of hydroxylamine groups is 1. The van der Waals surface area contributed by atoms with Gasteiger partial charge in [0.1, 0.15) is 0 Å². The first kappa shape index (κ1) is 14.3. The molecule has 2 aromatic carbocycles. The van der Waals surface area contributed by atoms with E-state index < -0.39 is 9.84 Å². The van der Waals surface area contributed by atoms with Crippen LogP contribution in [0.3, 0.4) is 0 Å². The number of nitrogens with one attached hydrogen (secondary N) is 1. The van der Waals surface area contributed by atoms with E-state index in [1.54, 1.807) is 12.1 Å². The molecule has 1 N–H and O–H groups in total. The molecule has 0 aromatic heterocycles. The van der Waals surface area contributed by atoms with Crippen molar-refractivity contribution in [2.45, 2.75) is 24.0 Å². The second kappa shape index (κ2) is 5.97. The van der Waals surface area contributed by atoms with Crippen LogP contribution in [0.15, 0.2) is 59.5 Å². The summed E-state index contributed by atoms with van der Waals surface area (Å²) in [5.41, 5.74) is 4.86. The fraction of sp³-hybridized carbons (Fsp3) is 0.250. The maximum absolute atomic E-state index is 12.0. The minimum absolute atomic E-state index is 0.0894. The minimum Gasteiger partial charge on any atom is -0.296 e. The first-order chi connectivity index (χ1) is 10.2. The van der Waals surface area contributed by atoms with Gasteiger partial charge in [-0.15, -0.1) is 0 Å². The van der Waals surface area contributed by atoms with Crippen LogP contribution >= 0.6 is 0 Å². The summed E-state index contributed by atoms with van der Waals surface area (Å²) in [4.78, 5) is 5.95. The summed E-state index contributed by atoms with van der Waals surface area (Å²) in [6, 6.07) is 16.9. The highest BCUT2D eigenvalue weighted by atomic mass is 32.2. The number of fused-ring (bicyclic) bond motifs is 1. The van der Waals surface area contributed by atoms with Crippen molar-refractivity contribution in [3.63, 3.8) is 0 Å². The summed E-state index contributed by atoms with van der Waals surface area (Å²) in [5.74, 6) is 0.149. The Balaban J connectivity index is 1.70. The van der Waals surface area contributed by atoms with E-state index in [0.29, 0.717) is 17.9 Å². The molecule has 0 saturated carbocycles. The molecule has 110 valence electrons. The lowest BCUT2D eigenvalue weighted by Crippen LogP contribution is -2.29. The zero-order chi connectivity index (χ0) is 14.7. The molecule has 1 aliphatic heterocycles. The SMILES string of the molecule is O=S1(=O)CCC(NOCc2ccccc2)c2ccccc21. The molecule has 21 heavy (non-hydrogen) atoms. The van der Waals surface area contributed by atoms with Gasteiger partial charge in [-0.05, 0) is 23.6 Å². The second-order valence-corrected chi connectivity index (χ2v) is 7.17. The molecular weight excluding hydrogens is 286 g/mol. The van der Waals surface area contributed by atoms with Crippen molar-refractivity contribution >= 4 is 9.84 Å². The highest BCUT2D eigenvalue weighted by Gasteiger charge is 2.29. The molecule has 0 bridgehead atoms. The van der Waals surface area contributed by atoms with Gasteiger partial charge in [0.2, 0.25) is 0 Å². The third-order valence-electron chi connectivity index (χ3n) is 3.61. The Bertz CT molecular complexity index is 713.